The molecule has 0 spiro atoms. The van der Waals surface area contributed by atoms with Crippen LogP contribution in [0.5, 0.6) is 17.2 Å². The molecular formula is C41H53NO17. The number of aromatic hydroxyl groups is 3. The standard InChI is InChI=1S/C41H53NO17/c1-7-41(52)14-25(29-18(33(41)40(51)53-6)10-19-30(36(29)49)37(50)32-22(44)9-8-21(43)31(32)35(19)48)57-26-11-20(42-5)38(16(3)55-26)58-28-13-24(46)39(17(4)56-28)59-27-12-23(45)34(47)15(2)54-27/h8-10,15-17,20,23-28,33-34,38-39,42-47,49,52H,7,11-14H2,1-6H3/t15?,16?,17?,20?,23?,24?,25?,26?,27?,28?,33?,34?,38?,39?,41-/m1/s1. The number of phenolic OH excluding ortho intramolecular Hbond substituents is 3. The van der Waals surface area contributed by atoms with E-state index in [0.717, 1.165) is 19.2 Å². The van der Waals surface area contributed by atoms with E-state index in [4.69, 9.17) is 33.2 Å². The van der Waals surface area contributed by atoms with Crippen molar-refractivity contribution in [3.8, 4) is 17.2 Å². The first-order valence-corrected chi connectivity index (χ1v) is 19.9. The molecule has 59 heavy (non-hydrogen) atoms. The molecule has 0 bridgehead atoms. The molecule has 14 unspecified atom stereocenters. The monoisotopic (exact) mass is 831 g/mol. The fourth-order valence-electron chi connectivity index (χ4n) is 9.32. The van der Waals surface area contributed by atoms with Crippen molar-refractivity contribution in [3.05, 3.63) is 51.6 Å². The van der Waals surface area contributed by atoms with Gasteiger partial charge in [0.2, 0.25) is 5.78 Å². The normalized spacial score (nSPS) is 38.3. The Labute approximate surface area is 339 Å². The van der Waals surface area contributed by atoms with Crippen molar-refractivity contribution in [1.82, 2.24) is 5.32 Å². The Morgan fingerprint density at radius 2 is 1.37 bits per heavy atom. The Kier molecular flexibility index (Phi) is 12.2. The first-order chi connectivity index (χ1) is 27.9. The van der Waals surface area contributed by atoms with E-state index in [2.05, 4.69) is 5.32 Å². The van der Waals surface area contributed by atoms with Gasteiger partial charge in [-0.3, -0.25) is 14.4 Å². The fourth-order valence-corrected chi connectivity index (χ4v) is 9.32. The zero-order valence-electron chi connectivity index (χ0n) is 33.6. The molecule has 3 saturated heterocycles. The van der Waals surface area contributed by atoms with Crippen LogP contribution in [-0.4, -0.2) is 147 Å². The molecule has 7 rings (SSSR count). The number of likely N-dealkylation sites (N-methyl/N-ethyl adjacent to an activating group) is 1. The van der Waals surface area contributed by atoms with Crippen molar-refractivity contribution in [2.75, 3.05) is 14.2 Å². The van der Waals surface area contributed by atoms with E-state index in [1.807, 2.05) is 0 Å². The molecular weight excluding hydrogens is 778 g/mol. The zero-order valence-corrected chi connectivity index (χ0v) is 33.6. The van der Waals surface area contributed by atoms with Gasteiger partial charge in [0.25, 0.3) is 0 Å². The first kappa shape index (κ1) is 43.3. The number of hydrogen-bond acceptors (Lipinski definition) is 18. The van der Waals surface area contributed by atoms with Crippen LogP contribution < -0.4 is 5.32 Å². The summed E-state index contributed by atoms with van der Waals surface area (Å²) in [4.78, 5) is 41.2. The second-order valence-corrected chi connectivity index (χ2v) is 16.1. The number of aliphatic hydroxyl groups excluding tert-OH is 3. The van der Waals surface area contributed by atoms with E-state index in [1.165, 1.54) is 6.07 Å². The molecule has 8 N–H and O–H groups in total. The average Bonchev–Trinajstić information content (AvgIpc) is 3.18. The minimum atomic E-state index is -1.82. The van der Waals surface area contributed by atoms with Crippen LogP contribution in [0, 0.1) is 0 Å². The Balaban J connectivity index is 1.12. The number of esters is 1. The summed E-state index contributed by atoms with van der Waals surface area (Å²) in [7, 11) is 2.85. The van der Waals surface area contributed by atoms with Gasteiger partial charge in [0.1, 0.15) is 41.5 Å². The van der Waals surface area contributed by atoms with Crippen molar-refractivity contribution in [3.63, 3.8) is 0 Å². The van der Waals surface area contributed by atoms with Gasteiger partial charge in [-0.25, -0.2) is 0 Å². The molecule has 3 aliphatic heterocycles. The number of hydrogen-bond donors (Lipinski definition) is 8. The molecule has 324 valence electrons. The highest BCUT2D eigenvalue weighted by Gasteiger charge is 2.54. The number of aliphatic hydroxyl groups is 4. The summed E-state index contributed by atoms with van der Waals surface area (Å²) >= 11 is 0. The number of nitrogens with one attached hydrogen (secondary N) is 1. The molecule has 3 heterocycles. The quantitative estimate of drug-likeness (QED) is 0.111. The molecule has 0 aromatic heterocycles. The largest absolute Gasteiger partial charge is 0.507 e. The third-order valence-corrected chi connectivity index (χ3v) is 12.5. The summed E-state index contributed by atoms with van der Waals surface area (Å²) in [6, 6.07) is 2.91. The van der Waals surface area contributed by atoms with Gasteiger partial charge in [-0.1, -0.05) is 6.92 Å². The molecule has 3 fully saturated rings. The number of carbonyl (C=O) groups excluding carboxylic acids is 3. The van der Waals surface area contributed by atoms with E-state index < -0.39 is 143 Å². The maximum absolute atomic E-state index is 13.9. The van der Waals surface area contributed by atoms with E-state index in [1.54, 1.807) is 34.7 Å². The van der Waals surface area contributed by atoms with Gasteiger partial charge < -0.3 is 74.2 Å². The van der Waals surface area contributed by atoms with E-state index >= 15 is 0 Å². The smallest absolute Gasteiger partial charge is 0.316 e. The molecule has 18 nitrogen and oxygen atoms in total. The fraction of sp³-hybridized carbons (Fsp3) is 0.634. The first-order valence-electron chi connectivity index (χ1n) is 19.9. The number of ketones is 2. The lowest BCUT2D eigenvalue weighted by Gasteiger charge is -2.47. The number of fused-ring (bicyclic) bond motifs is 3. The predicted molar refractivity (Wildman–Crippen MR) is 201 cm³/mol. The molecule has 0 saturated carbocycles. The van der Waals surface area contributed by atoms with Crippen LogP contribution in [0.2, 0.25) is 0 Å². The van der Waals surface area contributed by atoms with Crippen LogP contribution in [0.1, 0.15) is 115 Å². The van der Waals surface area contributed by atoms with Gasteiger partial charge >= 0.3 is 5.97 Å². The van der Waals surface area contributed by atoms with Crippen LogP contribution in [0.3, 0.4) is 0 Å². The molecule has 18 heteroatoms. The summed E-state index contributed by atoms with van der Waals surface area (Å²) in [6.45, 7) is 6.74. The van der Waals surface area contributed by atoms with E-state index in [9.17, 15) is 50.1 Å². The highest BCUT2D eigenvalue weighted by Crippen LogP contribution is 2.54. The maximum atomic E-state index is 13.9. The van der Waals surface area contributed by atoms with Crippen LogP contribution in [0.25, 0.3) is 0 Å². The van der Waals surface area contributed by atoms with Crippen molar-refractivity contribution in [1.29, 1.82) is 0 Å². The molecule has 0 radical (unpaired) electrons. The lowest BCUT2D eigenvalue weighted by atomic mass is 9.67. The Morgan fingerprint density at radius 3 is 1.95 bits per heavy atom. The summed E-state index contributed by atoms with van der Waals surface area (Å²) < 4.78 is 42.2. The second kappa shape index (κ2) is 16.6. The topological polar surface area (TPSA) is 269 Å². The molecule has 2 aromatic rings. The number of rotatable bonds is 9. The van der Waals surface area contributed by atoms with Crippen LogP contribution in [0.4, 0.5) is 0 Å². The molecule has 2 aliphatic carbocycles. The average molecular weight is 832 g/mol. The van der Waals surface area contributed by atoms with Gasteiger partial charge in [0, 0.05) is 42.9 Å². The highest BCUT2D eigenvalue weighted by atomic mass is 16.7. The summed E-state index contributed by atoms with van der Waals surface area (Å²) in [5, 5.41) is 79.8. The van der Waals surface area contributed by atoms with Crippen molar-refractivity contribution < 1.29 is 83.3 Å². The number of phenols is 3. The minimum Gasteiger partial charge on any atom is -0.507 e. The predicted octanol–water partition coefficient (Wildman–Crippen LogP) is 1.28. The van der Waals surface area contributed by atoms with Gasteiger partial charge in [0.15, 0.2) is 24.7 Å². The van der Waals surface area contributed by atoms with Crippen LogP contribution in [0.15, 0.2) is 18.2 Å². The van der Waals surface area contributed by atoms with Gasteiger partial charge in [-0.05, 0) is 58.0 Å². The van der Waals surface area contributed by atoms with Crippen LogP contribution in [-0.2, 0) is 38.0 Å². The van der Waals surface area contributed by atoms with Gasteiger partial charge in [-0.2, -0.15) is 0 Å². The maximum Gasteiger partial charge on any atom is 0.316 e. The number of methoxy groups -OCH3 is 1. The number of benzene rings is 2. The summed E-state index contributed by atoms with van der Waals surface area (Å²) in [5.74, 6) is -5.96. The van der Waals surface area contributed by atoms with E-state index in [0.29, 0.717) is 0 Å². The van der Waals surface area contributed by atoms with Crippen molar-refractivity contribution in [2.45, 2.75) is 151 Å². The van der Waals surface area contributed by atoms with Crippen molar-refractivity contribution >= 4 is 17.5 Å². The summed E-state index contributed by atoms with van der Waals surface area (Å²) in [6.07, 6.45) is -10.6. The van der Waals surface area contributed by atoms with Gasteiger partial charge in [0.05, 0.1) is 66.0 Å². The third-order valence-electron chi connectivity index (χ3n) is 12.5. The SMILES string of the molecule is CC[C@@]1(O)CC(OC2CC(NC)C(OC3CC(O)C(OC4CC(O)C(O)C(C)O4)C(C)O3)C(C)O2)c2c(cc3c(c2O)C(=O)c2c(O)ccc(O)c2C3=O)C1C(=O)OC. The Bertz CT molecular complexity index is 1930. The molecule has 5 aliphatic rings. The molecule has 2 aromatic carbocycles. The van der Waals surface area contributed by atoms with Gasteiger partial charge in [-0.15, -0.1) is 0 Å². The van der Waals surface area contributed by atoms with E-state index in [-0.39, 0.29) is 48.8 Å². The third kappa shape index (κ3) is 7.63. The second-order valence-electron chi connectivity index (χ2n) is 16.1. The Hall–Kier alpha value is -3.79. The zero-order chi connectivity index (χ0) is 42.8. The van der Waals surface area contributed by atoms with Crippen molar-refractivity contribution in [2.24, 2.45) is 0 Å². The minimum absolute atomic E-state index is 0.0146. The highest BCUT2D eigenvalue weighted by molar-refractivity contribution is 6.31. The summed E-state index contributed by atoms with van der Waals surface area (Å²) in [5.41, 5.74) is -3.65. The lowest BCUT2D eigenvalue weighted by Crippen LogP contribution is -2.58. The lowest BCUT2D eigenvalue weighted by molar-refractivity contribution is -0.329. The number of ether oxygens (including phenoxy) is 7. The van der Waals surface area contributed by atoms with Crippen LogP contribution >= 0.6 is 0 Å². The molecule has 15 atom stereocenters. The molecule has 0 amide bonds. The Morgan fingerprint density at radius 1 is 0.814 bits per heavy atom. The number of carbonyl (C=O) groups is 3.